The number of thioether (sulfide) groups is 1. The first-order chi connectivity index (χ1) is 11.5. The lowest BCUT2D eigenvalue weighted by Gasteiger charge is -2.24. The first kappa shape index (κ1) is 22.6. The van der Waals surface area contributed by atoms with E-state index < -0.39 is 0 Å². The molecule has 1 aromatic rings. The highest BCUT2D eigenvalue weighted by Gasteiger charge is 2.29. The number of hydrogen-bond acceptors (Lipinski definition) is 3. The summed E-state index contributed by atoms with van der Waals surface area (Å²) in [6.07, 6.45) is 2.86. The molecule has 1 fully saturated rings. The maximum atomic E-state index is 5.63. The van der Waals surface area contributed by atoms with Crippen molar-refractivity contribution in [3.8, 4) is 0 Å². The van der Waals surface area contributed by atoms with Crippen LogP contribution in [0.1, 0.15) is 44.7 Å². The minimum Gasteiger partial charge on any atom is -0.374 e. The van der Waals surface area contributed by atoms with Crippen molar-refractivity contribution in [3.05, 3.63) is 35.4 Å². The summed E-state index contributed by atoms with van der Waals surface area (Å²) < 4.78 is 5.97. The summed E-state index contributed by atoms with van der Waals surface area (Å²) in [5, 5.41) is 6.86. The van der Waals surface area contributed by atoms with E-state index in [0.717, 1.165) is 19.0 Å². The summed E-state index contributed by atoms with van der Waals surface area (Å²) in [7, 11) is 1.83. The number of rotatable bonds is 7. The summed E-state index contributed by atoms with van der Waals surface area (Å²) in [5.74, 6) is 2.15. The van der Waals surface area contributed by atoms with Gasteiger partial charge in [-0.2, -0.15) is 11.8 Å². The minimum atomic E-state index is 0. The Morgan fingerprint density at radius 1 is 1.24 bits per heavy atom. The third kappa shape index (κ3) is 8.17. The molecule has 4 nitrogen and oxygen atoms in total. The number of halogens is 1. The quantitative estimate of drug-likeness (QED) is 0.352. The number of nitrogens with one attached hydrogen (secondary N) is 2. The highest BCUT2D eigenvalue weighted by Crippen LogP contribution is 2.36. The molecule has 1 unspecified atom stereocenters. The molecule has 1 aromatic carbocycles. The smallest absolute Gasteiger partial charge is 0.191 e. The van der Waals surface area contributed by atoms with Gasteiger partial charge in [0.2, 0.25) is 0 Å². The largest absolute Gasteiger partial charge is 0.374 e. The molecule has 1 heterocycles. The van der Waals surface area contributed by atoms with E-state index in [1.165, 1.54) is 29.7 Å². The van der Waals surface area contributed by atoms with Crippen LogP contribution in [0.2, 0.25) is 0 Å². The lowest BCUT2D eigenvalue weighted by molar-refractivity contribution is 0.0657. The van der Waals surface area contributed by atoms with E-state index in [9.17, 15) is 0 Å². The molecule has 0 aliphatic carbocycles. The number of aliphatic imine (C=N–C) groups is 1. The van der Waals surface area contributed by atoms with Crippen molar-refractivity contribution in [1.29, 1.82) is 0 Å². The van der Waals surface area contributed by atoms with Gasteiger partial charge in [-0.05, 0) is 50.5 Å². The van der Waals surface area contributed by atoms with Crippen molar-refractivity contribution in [2.45, 2.75) is 57.6 Å². The Morgan fingerprint density at radius 2 is 1.92 bits per heavy atom. The number of benzene rings is 1. The topological polar surface area (TPSA) is 45.7 Å². The van der Waals surface area contributed by atoms with Gasteiger partial charge < -0.3 is 15.4 Å². The van der Waals surface area contributed by atoms with Crippen LogP contribution in [0.15, 0.2) is 29.3 Å². The van der Waals surface area contributed by atoms with Gasteiger partial charge in [0.15, 0.2) is 5.96 Å². The minimum absolute atomic E-state index is 0. The van der Waals surface area contributed by atoms with E-state index in [1.54, 1.807) is 0 Å². The SMILES string of the molecule is CN=C(NCc1ccc(COC(C)C)cc1)NCC1(C)CCCS1.I. The first-order valence-corrected chi connectivity index (χ1v) is 9.77. The van der Waals surface area contributed by atoms with Gasteiger partial charge in [0.1, 0.15) is 0 Å². The number of nitrogens with zero attached hydrogens (tertiary/aromatic N) is 1. The van der Waals surface area contributed by atoms with E-state index in [-0.39, 0.29) is 30.1 Å². The van der Waals surface area contributed by atoms with E-state index in [1.807, 2.05) is 7.05 Å². The summed E-state index contributed by atoms with van der Waals surface area (Å²) >= 11 is 2.06. The molecule has 0 spiro atoms. The van der Waals surface area contributed by atoms with Crippen molar-refractivity contribution in [1.82, 2.24) is 10.6 Å². The van der Waals surface area contributed by atoms with Crippen LogP contribution < -0.4 is 10.6 Å². The van der Waals surface area contributed by atoms with Gasteiger partial charge >= 0.3 is 0 Å². The number of hydrogen-bond donors (Lipinski definition) is 2. The van der Waals surface area contributed by atoms with Gasteiger partial charge in [0, 0.05) is 24.9 Å². The van der Waals surface area contributed by atoms with Crippen LogP contribution in [0.4, 0.5) is 0 Å². The van der Waals surface area contributed by atoms with Crippen LogP contribution in [0, 0.1) is 0 Å². The molecular weight excluding hydrogens is 445 g/mol. The Labute approximate surface area is 174 Å². The normalized spacial score (nSPS) is 20.4. The molecule has 1 saturated heterocycles. The summed E-state index contributed by atoms with van der Waals surface area (Å²) in [4.78, 5) is 4.33. The van der Waals surface area contributed by atoms with Crippen LogP contribution in [0.25, 0.3) is 0 Å². The van der Waals surface area contributed by atoms with Gasteiger partial charge in [0.05, 0.1) is 12.7 Å². The molecule has 25 heavy (non-hydrogen) atoms. The summed E-state index contributed by atoms with van der Waals surface area (Å²) in [6.45, 7) is 8.86. The molecule has 0 saturated carbocycles. The van der Waals surface area contributed by atoms with Crippen molar-refractivity contribution >= 4 is 41.7 Å². The average molecular weight is 477 g/mol. The lowest BCUT2D eigenvalue weighted by Crippen LogP contribution is -2.43. The van der Waals surface area contributed by atoms with Gasteiger partial charge in [-0.3, -0.25) is 4.99 Å². The molecule has 6 heteroatoms. The van der Waals surface area contributed by atoms with E-state index >= 15 is 0 Å². The molecule has 0 bridgehead atoms. The Morgan fingerprint density at radius 3 is 2.48 bits per heavy atom. The van der Waals surface area contributed by atoms with Crippen LogP contribution in [-0.2, 0) is 17.9 Å². The zero-order chi connectivity index (χ0) is 17.4. The standard InChI is InChI=1S/C19H31N3OS.HI/c1-15(2)23-13-17-8-6-16(7-9-17)12-21-18(20-4)22-14-19(3)10-5-11-24-19;/h6-9,15H,5,10-14H2,1-4H3,(H2,20,21,22);1H. The second kappa shape index (κ2) is 11.3. The molecule has 0 aromatic heterocycles. The Bertz CT molecular complexity index is 528. The van der Waals surface area contributed by atoms with Crippen LogP contribution >= 0.6 is 35.7 Å². The van der Waals surface area contributed by atoms with E-state index in [0.29, 0.717) is 11.4 Å². The van der Waals surface area contributed by atoms with Crippen molar-refractivity contribution in [2.75, 3.05) is 19.3 Å². The van der Waals surface area contributed by atoms with E-state index in [4.69, 9.17) is 4.74 Å². The van der Waals surface area contributed by atoms with Crippen LogP contribution in [0.5, 0.6) is 0 Å². The van der Waals surface area contributed by atoms with E-state index in [2.05, 4.69) is 72.4 Å². The molecule has 1 atom stereocenters. The maximum Gasteiger partial charge on any atom is 0.191 e. The predicted molar refractivity (Wildman–Crippen MR) is 120 cm³/mol. The fourth-order valence-corrected chi connectivity index (χ4v) is 3.91. The monoisotopic (exact) mass is 477 g/mol. The molecule has 0 radical (unpaired) electrons. The third-order valence-electron chi connectivity index (χ3n) is 4.22. The molecule has 2 N–H and O–H groups in total. The van der Waals surface area contributed by atoms with Gasteiger partial charge in [0.25, 0.3) is 0 Å². The van der Waals surface area contributed by atoms with Crippen LogP contribution in [0.3, 0.4) is 0 Å². The summed E-state index contributed by atoms with van der Waals surface area (Å²) in [5.41, 5.74) is 2.45. The van der Waals surface area contributed by atoms with Gasteiger partial charge in [-0.15, -0.1) is 24.0 Å². The molecule has 1 aliphatic rings. The molecule has 2 rings (SSSR count). The lowest BCUT2D eigenvalue weighted by atomic mass is 10.1. The Hall–Kier alpha value is -0.470. The Balaban J connectivity index is 0.00000312. The fraction of sp³-hybridized carbons (Fsp3) is 0.632. The third-order valence-corrected chi connectivity index (χ3v) is 5.76. The van der Waals surface area contributed by atoms with Gasteiger partial charge in [-0.25, -0.2) is 0 Å². The predicted octanol–water partition coefficient (Wildman–Crippen LogP) is 4.18. The highest BCUT2D eigenvalue weighted by atomic mass is 127. The zero-order valence-electron chi connectivity index (χ0n) is 15.8. The van der Waals surface area contributed by atoms with Crippen molar-refractivity contribution in [2.24, 2.45) is 4.99 Å². The Kier molecular flexibility index (Phi) is 10.2. The van der Waals surface area contributed by atoms with Crippen LogP contribution in [-0.4, -0.2) is 36.2 Å². The number of guanidine groups is 1. The average Bonchev–Trinajstić information content (AvgIpc) is 3.01. The summed E-state index contributed by atoms with van der Waals surface area (Å²) in [6, 6.07) is 8.55. The second-order valence-electron chi connectivity index (χ2n) is 6.86. The first-order valence-electron chi connectivity index (χ1n) is 8.79. The molecule has 1 aliphatic heterocycles. The maximum absolute atomic E-state index is 5.63. The molecule has 0 amide bonds. The second-order valence-corrected chi connectivity index (χ2v) is 8.54. The number of ether oxygens (including phenoxy) is 1. The van der Waals surface area contributed by atoms with Crippen molar-refractivity contribution < 1.29 is 4.74 Å². The van der Waals surface area contributed by atoms with Gasteiger partial charge in [-0.1, -0.05) is 24.3 Å². The fourth-order valence-electron chi connectivity index (χ4n) is 2.67. The zero-order valence-corrected chi connectivity index (χ0v) is 18.9. The molecule has 142 valence electrons. The highest BCUT2D eigenvalue weighted by molar-refractivity contribution is 14.0. The van der Waals surface area contributed by atoms with Crippen molar-refractivity contribution in [3.63, 3.8) is 0 Å². The molecular formula is C19H32IN3OS.